The standard InChI is InChI=1S/C13H19FN2.ClH/c14-13-3-1-2-12(8-13)10-16-6-4-11(9-15)5-7-16;/h1-3,8,11H,4-7,9-10,15H2;1H. The lowest BCUT2D eigenvalue weighted by atomic mass is 9.97. The third kappa shape index (κ3) is 4.26. The van der Waals surface area contributed by atoms with Gasteiger partial charge in [0.15, 0.2) is 0 Å². The monoisotopic (exact) mass is 258 g/mol. The van der Waals surface area contributed by atoms with Crippen molar-refractivity contribution < 1.29 is 4.39 Å². The number of piperidine rings is 1. The van der Waals surface area contributed by atoms with Crippen LogP contribution < -0.4 is 5.73 Å². The van der Waals surface area contributed by atoms with E-state index < -0.39 is 0 Å². The first-order valence-corrected chi connectivity index (χ1v) is 5.95. The number of nitrogens with zero attached hydrogens (tertiary/aromatic N) is 1. The third-order valence-electron chi connectivity index (χ3n) is 3.34. The van der Waals surface area contributed by atoms with Crippen molar-refractivity contribution in [3.63, 3.8) is 0 Å². The zero-order valence-electron chi connectivity index (χ0n) is 9.94. The summed E-state index contributed by atoms with van der Waals surface area (Å²) in [6.45, 7) is 3.82. The van der Waals surface area contributed by atoms with Gasteiger partial charge in [0.2, 0.25) is 0 Å². The summed E-state index contributed by atoms with van der Waals surface area (Å²) < 4.78 is 13.0. The van der Waals surface area contributed by atoms with Gasteiger partial charge >= 0.3 is 0 Å². The van der Waals surface area contributed by atoms with Crippen LogP contribution in [0.4, 0.5) is 4.39 Å². The van der Waals surface area contributed by atoms with E-state index in [0.717, 1.165) is 31.7 Å². The lowest BCUT2D eigenvalue weighted by molar-refractivity contribution is 0.180. The topological polar surface area (TPSA) is 29.3 Å². The zero-order chi connectivity index (χ0) is 11.4. The Hall–Kier alpha value is -0.640. The minimum Gasteiger partial charge on any atom is -0.330 e. The highest BCUT2D eigenvalue weighted by molar-refractivity contribution is 5.85. The summed E-state index contributed by atoms with van der Waals surface area (Å²) in [7, 11) is 0. The van der Waals surface area contributed by atoms with Gasteiger partial charge in [-0.1, -0.05) is 12.1 Å². The van der Waals surface area contributed by atoms with Gasteiger partial charge in [-0.25, -0.2) is 4.39 Å². The Morgan fingerprint density at radius 2 is 2.00 bits per heavy atom. The first kappa shape index (κ1) is 14.4. The van der Waals surface area contributed by atoms with Crippen molar-refractivity contribution in [3.8, 4) is 0 Å². The van der Waals surface area contributed by atoms with Gasteiger partial charge in [0.1, 0.15) is 5.82 Å². The molecule has 0 radical (unpaired) electrons. The van der Waals surface area contributed by atoms with Crippen LogP contribution in [-0.2, 0) is 6.54 Å². The van der Waals surface area contributed by atoms with Gasteiger partial charge in [0, 0.05) is 6.54 Å². The number of rotatable bonds is 3. The maximum Gasteiger partial charge on any atom is 0.123 e. The van der Waals surface area contributed by atoms with Gasteiger partial charge in [0.25, 0.3) is 0 Å². The Balaban J connectivity index is 0.00000144. The molecule has 1 aliphatic heterocycles. The van der Waals surface area contributed by atoms with Gasteiger partial charge in [-0.15, -0.1) is 12.4 Å². The summed E-state index contributed by atoms with van der Waals surface area (Å²) in [5.41, 5.74) is 6.71. The summed E-state index contributed by atoms with van der Waals surface area (Å²) in [4.78, 5) is 2.38. The summed E-state index contributed by atoms with van der Waals surface area (Å²) in [6, 6.07) is 6.87. The van der Waals surface area contributed by atoms with Gasteiger partial charge < -0.3 is 5.73 Å². The zero-order valence-corrected chi connectivity index (χ0v) is 10.8. The highest BCUT2D eigenvalue weighted by atomic mass is 35.5. The molecule has 0 aliphatic carbocycles. The first-order valence-electron chi connectivity index (χ1n) is 5.95. The minimum absolute atomic E-state index is 0. The summed E-state index contributed by atoms with van der Waals surface area (Å²) >= 11 is 0. The van der Waals surface area contributed by atoms with Gasteiger partial charge in [-0.2, -0.15) is 0 Å². The molecule has 1 heterocycles. The van der Waals surface area contributed by atoms with E-state index in [9.17, 15) is 4.39 Å². The Bertz CT molecular complexity index is 338. The Morgan fingerprint density at radius 1 is 1.29 bits per heavy atom. The second-order valence-electron chi connectivity index (χ2n) is 4.59. The summed E-state index contributed by atoms with van der Waals surface area (Å²) in [6.07, 6.45) is 2.34. The predicted molar refractivity (Wildman–Crippen MR) is 70.7 cm³/mol. The Kier molecular flexibility index (Phi) is 5.89. The lowest BCUT2D eigenvalue weighted by Crippen LogP contribution is -2.35. The van der Waals surface area contributed by atoms with Crippen LogP contribution in [0.3, 0.4) is 0 Å². The van der Waals surface area contributed by atoms with Crippen LogP contribution in [0.5, 0.6) is 0 Å². The van der Waals surface area contributed by atoms with Crippen molar-refractivity contribution in [2.45, 2.75) is 19.4 Å². The average Bonchev–Trinajstić information content (AvgIpc) is 2.30. The summed E-state index contributed by atoms with van der Waals surface area (Å²) in [5.74, 6) is 0.540. The van der Waals surface area contributed by atoms with Gasteiger partial charge in [0.05, 0.1) is 0 Å². The SMILES string of the molecule is Cl.NCC1CCN(Cc2cccc(F)c2)CC1. The molecule has 0 unspecified atom stereocenters. The molecule has 0 amide bonds. The fraction of sp³-hybridized carbons (Fsp3) is 0.538. The predicted octanol–water partition coefficient (Wildman–Crippen LogP) is 2.42. The van der Waals surface area contributed by atoms with Crippen LogP contribution in [0.15, 0.2) is 24.3 Å². The third-order valence-corrected chi connectivity index (χ3v) is 3.34. The molecule has 0 saturated carbocycles. The molecule has 2 rings (SSSR count). The molecule has 0 atom stereocenters. The molecule has 2 nitrogen and oxygen atoms in total. The summed E-state index contributed by atoms with van der Waals surface area (Å²) in [5, 5.41) is 0. The van der Waals surface area contributed by atoms with Crippen molar-refractivity contribution in [1.29, 1.82) is 0 Å². The van der Waals surface area contributed by atoms with Crippen LogP contribution in [0.1, 0.15) is 18.4 Å². The molecule has 1 saturated heterocycles. The average molecular weight is 259 g/mol. The molecule has 1 aromatic carbocycles. The molecule has 0 aromatic heterocycles. The highest BCUT2D eigenvalue weighted by Crippen LogP contribution is 2.18. The second kappa shape index (κ2) is 6.94. The second-order valence-corrected chi connectivity index (χ2v) is 4.59. The number of benzene rings is 1. The number of hydrogen-bond donors (Lipinski definition) is 1. The molecule has 1 aromatic rings. The van der Waals surface area contributed by atoms with Crippen molar-refractivity contribution in [1.82, 2.24) is 4.90 Å². The fourth-order valence-corrected chi connectivity index (χ4v) is 2.27. The molecular weight excluding hydrogens is 239 g/mol. The molecular formula is C13H20ClFN2. The molecule has 0 spiro atoms. The van der Waals surface area contributed by atoms with E-state index in [4.69, 9.17) is 5.73 Å². The van der Waals surface area contributed by atoms with E-state index in [1.807, 2.05) is 6.07 Å². The maximum absolute atomic E-state index is 13.0. The molecule has 96 valence electrons. The fourth-order valence-electron chi connectivity index (χ4n) is 2.27. The number of hydrogen-bond acceptors (Lipinski definition) is 2. The maximum atomic E-state index is 13.0. The number of likely N-dealkylation sites (tertiary alicyclic amines) is 1. The van der Waals surface area contributed by atoms with E-state index in [-0.39, 0.29) is 18.2 Å². The largest absolute Gasteiger partial charge is 0.330 e. The van der Waals surface area contributed by atoms with Crippen LogP contribution in [0, 0.1) is 11.7 Å². The first-order chi connectivity index (χ1) is 7.78. The lowest BCUT2D eigenvalue weighted by Gasteiger charge is -2.31. The van der Waals surface area contributed by atoms with Crippen LogP contribution in [-0.4, -0.2) is 24.5 Å². The molecule has 0 bridgehead atoms. The van der Waals surface area contributed by atoms with Gasteiger partial charge in [-0.3, -0.25) is 4.90 Å². The van der Waals surface area contributed by atoms with Crippen molar-refractivity contribution in [2.75, 3.05) is 19.6 Å². The normalized spacial score (nSPS) is 17.8. The Morgan fingerprint density at radius 3 is 2.59 bits per heavy atom. The Labute approximate surface area is 108 Å². The molecule has 1 fully saturated rings. The van der Waals surface area contributed by atoms with E-state index in [0.29, 0.717) is 5.92 Å². The van der Waals surface area contributed by atoms with Gasteiger partial charge in [-0.05, 0) is 56.1 Å². The molecule has 2 N–H and O–H groups in total. The van der Waals surface area contributed by atoms with Crippen molar-refractivity contribution in [2.24, 2.45) is 11.7 Å². The van der Waals surface area contributed by atoms with Crippen molar-refractivity contribution in [3.05, 3.63) is 35.6 Å². The van der Waals surface area contributed by atoms with Crippen LogP contribution in [0.2, 0.25) is 0 Å². The van der Waals surface area contributed by atoms with Crippen LogP contribution >= 0.6 is 12.4 Å². The molecule has 17 heavy (non-hydrogen) atoms. The van der Waals surface area contributed by atoms with E-state index in [1.54, 1.807) is 12.1 Å². The number of halogens is 2. The van der Waals surface area contributed by atoms with Crippen molar-refractivity contribution >= 4 is 12.4 Å². The van der Waals surface area contributed by atoms with E-state index in [2.05, 4.69) is 4.90 Å². The molecule has 1 aliphatic rings. The smallest absolute Gasteiger partial charge is 0.123 e. The van der Waals surface area contributed by atoms with E-state index in [1.165, 1.54) is 18.9 Å². The molecule has 4 heteroatoms. The highest BCUT2D eigenvalue weighted by Gasteiger charge is 2.17. The minimum atomic E-state index is -0.144. The number of nitrogens with two attached hydrogens (primary N) is 1. The van der Waals surface area contributed by atoms with E-state index >= 15 is 0 Å². The van der Waals surface area contributed by atoms with Crippen LogP contribution in [0.25, 0.3) is 0 Å². The quantitative estimate of drug-likeness (QED) is 0.902.